The zero-order valence-electron chi connectivity index (χ0n) is 13.2. The fraction of sp³-hybridized carbons (Fsp3) is 0.111. The first-order valence-corrected chi connectivity index (χ1v) is 7.15. The molecule has 0 saturated heterocycles. The van der Waals surface area contributed by atoms with Crippen molar-refractivity contribution in [2.45, 2.75) is 6.92 Å². The van der Waals surface area contributed by atoms with Crippen LogP contribution in [0.25, 0.3) is 6.08 Å². The highest BCUT2D eigenvalue weighted by Crippen LogP contribution is 2.17. The van der Waals surface area contributed by atoms with Crippen LogP contribution in [-0.2, 0) is 9.59 Å². The molecule has 2 aromatic carbocycles. The van der Waals surface area contributed by atoms with Crippen LogP contribution in [0.2, 0.25) is 0 Å². The van der Waals surface area contributed by atoms with Crippen LogP contribution in [0, 0.1) is 11.6 Å². The molecular weight excluding hydrogens is 314 g/mol. The molecule has 0 bridgehead atoms. The fourth-order valence-corrected chi connectivity index (χ4v) is 1.98. The number of hydrogen-bond acceptors (Lipinski definition) is 2. The van der Waals surface area contributed by atoms with Crippen molar-refractivity contribution in [3.63, 3.8) is 0 Å². The maximum Gasteiger partial charge on any atom is 0.250 e. The molecule has 2 aromatic rings. The fourth-order valence-electron chi connectivity index (χ4n) is 1.98. The van der Waals surface area contributed by atoms with Crippen molar-refractivity contribution in [3.8, 4) is 0 Å². The van der Waals surface area contributed by atoms with E-state index in [4.69, 9.17) is 0 Å². The summed E-state index contributed by atoms with van der Waals surface area (Å²) < 4.78 is 26.1. The standard InChI is InChI=1S/C18H16F2N2O2/c1-12(23)21-14-6-3-13(4-7-14)5-10-18(24)22(2)15-8-9-16(19)17(20)11-15/h3-11H,1-2H3,(H,21,23)/b10-5+. The first-order valence-electron chi connectivity index (χ1n) is 7.15. The Morgan fingerprint density at radius 2 is 1.71 bits per heavy atom. The van der Waals surface area contributed by atoms with Crippen molar-refractivity contribution >= 4 is 29.3 Å². The van der Waals surface area contributed by atoms with Gasteiger partial charge in [0.15, 0.2) is 11.6 Å². The second-order valence-corrected chi connectivity index (χ2v) is 5.13. The van der Waals surface area contributed by atoms with Gasteiger partial charge >= 0.3 is 0 Å². The van der Waals surface area contributed by atoms with Crippen molar-refractivity contribution in [1.29, 1.82) is 0 Å². The zero-order chi connectivity index (χ0) is 17.7. The molecule has 0 spiro atoms. The van der Waals surface area contributed by atoms with E-state index < -0.39 is 11.6 Å². The Labute approximate surface area is 138 Å². The zero-order valence-corrected chi connectivity index (χ0v) is 13.2. The Morgan fingerprint density at radius 3 is 2.29 bits per heavy atom. The average molecular weight is 330 g/mol. The van der Waals surface area contributed by atoms with Crippen molar-refractivity contribution in [2.75, 3.05) is 17.3 Å². The highest BCUT2D eigenvalue weighted by Gasteiger charge is 2.10. The summed E-state index contributed by atoms with van der Waals surface area (Å²) >= 11 is 0. The first kappa shape index (κ1) is 17.3. The van der Waals surface area contributed by atoms with Gasteiger partial charge in [-0.1, -0.05) is 12.1 Å². The lowest BCUT2D eigenvalue weighted by atomic mass is 10.2. The molecule has 0 radical (unpaired) electrons. The highest BCUT2D eigenvalue weighted by atomic mass is 19.2. The molecule has 0 saturated carbocycles. The Hall–Kier alpha value is -3.02. The molecule has 2 amide bonds. The molecule has 0 aliphatic heterocycles. The number of carbonyl (C=O) groups is 2. The minimum Gasteiger partial charge on any atom is -0.326 e. The first-order chi connectivity index (χ1) is 11.4. The molecule has 0 aliphatic rings. The van der Waals surface area contributed by atoms with E-state index in [9.17, 15) is 18.4 Å². The van der Waals surface area contributed by atoms with Crippen molar-refractivity contribution in [3.05, 3.63) is 65.7 Å². The Bertz CT molecular complexity index is 786. The van der Waals surface area contributed by atoms with Gasteiger partial charge in [0.2, 0.25) is 5.91 Å². The topological polar surface area (TPSA) is 49.4 Å². The molecule has 124 valence electrons. The SMILES string of the molecule is CC(=O)Nc1ccc(/C=C/C(=O)N(C)c2ccc(F)c(F)c2)cc1. The van der Waals surface area contributed by atoms with E-state index in [0.29, 0.717) is 5.69 Å². The minimum absolute atomic E-state index is 0.165. The van der Waals surface area contributed by atoms with Gasteiger partial charge in [0.25, 0.3) is 5.91 Å². The Kier molecular flexibility index (Phi) is 5.42. The molecule has 2 rings (SSSR count). The van der Waals surface area contributed by atoms with E-state index in [1.54, 1.807) is 30.3 Å². The molecule has 24 heavy (non-hydrogen) atoms. The van der Waals surface area contributed by atoms with Gasteiger partial charge in [-0.15, -0.1) is 0 Å². The van der Waals surface area contributed by atoms with Crippen molar-refractivity contribution in [2.24, 2.45) is 0 Å². The Morgan fingerprint density at radius 1 is 1.04 bits per heavy atom. The highest BCUT2D eigenvalue weighted by molar-refractivity contribution is 6.03. The van der Waals surface area contributed by atoms with Gasteiger partial charge in [0.05, 0.1) is 0 Å². The van der Waals surface area contributed by atoms with Crippen LogP contribution in [0.15, 0.2) is 48.5 Å². The third kappa shape index (κ3) is 4.49. The lowest BCUT2D eigenvalue weighted by Gasteiger charge is -2.15. The summed E-state index contributed by atoms with van der Waals surface area (Å²) in [4.78, 5) is 24.2. The number of rotatable bonds is 4. The number of likely N-dealkylation sites (N-methyl/N-ethyl adjacent to an activating group) is 1. The maximum absolute atomic E-state index is 13.2. The summed E-state index contributed by atoms with van der Waals surface area (Å²) in [5.41, 5.74) is 1.67. The quantitative estimate of drug-likeness (QED) is 0.871. The summed E-state index contributed by atoms with van der Waals surface area (Å²) in [5.74, 6) is -2.52. The predicted molar refractivity (Wildman–Crippen MR) is 89.5 cm³/mol. The van der Waals surface area contributed by atoms with Crippen LogP contribution in [0.3, 0.4) is 0 Å². The summed E-state index contributed by atoms with van der Waals surface area (Å²) in [5, 5.41) is 2.64. The summed E-state index contributed by atoms with van der Waals surface area (Å²) in [6.45, 7) is 1.42. The van der Waals surface area contributed by atoms with Crippen molar-refractivity contribution < 1.29 is 18.4 Å². The van der Waals surface area contributed by atoms with Gasteiger partial charge in [0, 0.05) is 37.5 Å². The molecule has 0 fully saturated rings. The van der Waals surface area contributed by atoms with E-state index in [1.807, 2.05) is 0 Å². The largest absolute Gasteiger partial charge is 0.326 e. The van der Waals surface area contributed by atoms with Gasteiger partial charge in [-0.2, -0.15) is 0 Å². The normalized spacial score (nSPS) is 10.7. The van der Waals surface area contributed by atoms with Crippen LogP contribution < -0.4 is 10.2 Å². The van der Waals surface area contributed by atoms with Gasteiger partial charge < -0.3 is 10.2 Å². The molecule has 6 heteroatoms. The molecule has 0 aliphatic carbocycles. The van der Waals surface area contributed by atoms with Crippen LogP contribution >= 0.6 is 0 Å². The Balaban J connectivity index is 2.06. The molecule has 4 nitrogen and oxygen atoms in total. The van der Waals surface area contributed by atoms with Gasteiger partial charge in [0.1, 0.15) is 0 Å². The third-order valence-electron chi connectivity index (χ3n) is 3.27. The van der Waals surface area contributed by atoms with E-state index in [0.717, 1.165) is 17.7 Å². The number of nitrogens with one attached hydrogen (secondary N) is 1. The predicted octanol–water partition coefficient (Wildman–Crippen LogP) is 3.60. The summed E-state index contributed by atoms with van der Waals surface area (Å²) in [7, 11) is 1.47. The second kappa shape index (κ2) is 7.50. The van der Waals surface area contributed by atoms with Crippen LogP contribution in [0.1, 0.15) is 12.5 Å². The van der Waals surface area contributed by atoms with Gasteiger partial charge in [-0.25, -0.2) is 8.78 Å². The summed E-state index contributed by atoms with van der Waals surface area (Å²) in [6, 6.07) is 10.2. The second-order valence-electron chi connectivity index (χ2n) is 5.13. The minimum atomic E-state index is -1.01. The molecular formula is C18H16F2N2O2. The number of hydrogen-bond donors (Lipinski definition) is 1. The number of anilines is 2. The number of benzene rings is 2. The number of carbonyl (C=O) groups excluding carboxylic acids is 2. The smallest absolute Gasteiger partial charge is 0.250 e. The number of amides is 2. The third-order valence-corrected chi connectivity index (χ3v) is 3.27. The number of halogens is 2. The van der Waals surface area contributed by atoms with Crippen LogP contribution in [0.4, 0.5) is 20.2 Å². The summed E-state index contributed by atoms with van der Waals surface area (Å²) in [6.07, 6.45) is 2.92. The van der Waals surface area contributed by atoms with Crippen molar-refractivity contribution in [1.82, 2.24) is 0 Å². The van der Waals surface area contributed by atoms with E-state index in [-0.39, 0.29) is 17.5 Å². The number of nitrogens with zero attached hydrogens (tertiary/aromatic N) is 1. The molecule has 0 atom stereocenters. The molecule has 0 unspecified atom stereocenters. The maximum atomic E-state index is 13.2. The van der Waals surface area contributed by atoms with Gasteiger partial charge in [-0.3, -0.25) is 9.59 Å². The van der Waals surface area contributed by atoms with Gasteiger partial charge in [-0.05, 0) is 35.9 Å². The average Bonchev–Trinajstić information content (AvgIpc) is 2.55. The van der Waals surface area contributed by atoms with E-state index in [1.165, 1.54) is 31.0 Å². The van der Waals surface area contributed by atoms with Crippen LogP contribution in [0.5, 0.6) is 0 Å². The monoisotopic (exact) mass is 330 g/mol. The molecule has 0 heterocycles. The lowest BCUT2D eigenvalue weighted by molar-refractivity contribution is -0.114. The lowest BCUT2D eigenvalue weighted by Crippen LogP contribution is -2.24. The van der Waals surface area contributed by atoms with E-state index >= 15 is 0 Å². The molecule has 1 N–H and O–H groups in total. The van der Waals surface area contributed by atoms with Crippen LogP contribution in [-0.4, -0.2) is 18.9 Å². The van der Waals surface area contributed by atoms with E-state index in [2.05, 4.69) is 5.32 Å². The molecule has 0 aromatic heterocycles.